The Labute approximate surface area is 189 Å². The molecule has 1 spiro atoms. The lowest BCUT2D eigenvalue weighted by molar-refractivity contribution is -0.135. The predicted octanol–water partition coefficient (Wildman–Crippen LogP) is 0.517. The summed E-state index contributed by atoms with van der Waals surface area (Å²) in [5.41, 5.74) is 1.53. The Balaban J connectivity index is 1.16. The van der Waals surface area contributed by atoms with Crippen molar-refractivity contribution >= 4 is 12.1 Å². The quantitative estimate of drug-likeness (QED) is 0.635. The molecular weight excluding hydrogens is 430 g/mol. The molecule has 0 unspecified atom stereocenters. The lowest BCUT2D eigenvalue weighted by Gasteiger charge is -2.46. The molecule has 3 aliphatic heterocycles. The van der Waals surface area contributed by atoms with Gasteiger partial charge in [0.2, 0.25) is 0 Å². The van der Waals surface area contributed by atoms with E-state index in [1.165, 1.54) is 22.0 Å². The molecule has 33 heavy (non-hydrogen) atoms. The normalized spacial score (nSPS) is 21.6. The average molecular weight is 455 g/mol. The molecule has 0 radical (unpaired) electrons. The first-order valence-electron chi connectivity index (χ1n) is 10.9. The minimum absolute atomic E-state index is 0.109. The first kappa shape index (κ1) is 21.5. The number of esters is 1. The number of hydrogen-bond donors (Lipinski definition) is 1. The van der Waals surface area contributed by atoms with Crippen molar-refractivity contribution in [2.24, 2.45) is 0 Å². The van der Waals surface area contributed by atoms with Crippen LogP contribution in [0.2, 0.25) is 0 Å². The average Bonchev–Trinajstić information content (AvgIpc) is 3.48. The lowest BCUT2D eigenvalue weighted by Crippen LogP contribution is -2.54. The van der Waals surface area contributed by atoms with E-state index in [9.17, 15) is 14.7 Å². The number of carbonyl (C=O) groups is 2. The number of β-amino-alcohol motifs (C(OH)–C–C–N with tert-alkyl or cyclic N) is 1. The smallest absolute Gasteiger partial charge is 0.414 e. The number of nitrogens with zero attached hydrogens (tertiary/aromatic N) is 7. The van der Waals surface area contributed by atoms with Crippen molar-refractivity contribution in [2.75, 3.05) is 32.8 Å². The Hall–Kier alpha value is -3.38. The monoisotopic (exact) mass is 455 g/mol. The van der Waals surface area contributed by atoms with Gasteiger partial charge in [0.15, 0.2) is 5.82 Å². The number of piperidine rings is 1. The Kier molecular flexibility index (Phi) is 5.54. The van der Waals surface area contributed by atoms with E-state index in [1.54, 1.807) is 6.07 Å². The van der Waals surface area contributed by atoms with Gasteiger partial charge in [-0.1, -0.05) is 6.07 Å². The number of amides is 1. The molecule has 2 aromatic rings. The summed E-state index contributed by atoms with van der Waals surface area (Å²) in [6.45, 7) is 4.35. The summed E-state index contributed by atoms with van der Waals surface area (Å²) in [7, 11) is 0. The van der Waals surface area contributed by atoms with E-state index < -0.39 is 23.8 Å². The lowest BCUT2D eigenvalue weighted by atomic mass is 9.86. The number of tetrazole rings is 1. The summed E-state index contributed by atoms with van der Waals surface area (Å²) in [6, 6.07) is 3.62. The third kappa shape index (κ3) is 4.31. The van der Waals surface area contributed by atoms with Crippen LogP contribution in [-0.4, -0.2) is 90.5 Å². The third-order valence-corrected chi connectivity index (χ3v) is 6.56. The van der Waals surface area contributed by atoms with Crippen LogP contribution in [0.25, 0.3) is 5.82 Å². The maximum absolute atomic E-state index is 12.6. The fraction of sp³-hybridized carbons (Fsp3) is 0.524. The highest BCUT2D eigenvalue weighted by Crippen LogP contribution is 2.36. The molecule has 1 N–H and O–H groups in total. The van der Waals surface area contributed by atoms with Crippen molar-refractivity contribution in [2.45, 2.75) is 37.9 Å². The van der Waals surface area contributed by atoms with Crippen molar-refractivity contribution in [3.8, 4) is 5.82 Å². The molecule has 0 bridgehead atoms. The van der Waals surface area contributed by atoms with Crippen LogP contribution in [0.3, 0.4) is 0 Å². The fourth-order valence-electron chi connectivity index (χ4n) is 4.62. The van der Waals surface area contributed by atoms with Crippen LogP contribution in [0.15, 0.2) is 30.2 Å². The topological polar surface area (TPSA) is 136 Å². The van der Waals surface area contributed by atoms with Gasteiger partial charge in [-0.25, -0.2) is 14.6 Å². The zero-order valence-electron chi connectivity index (χ0n) is 18.3. The summed E-state index contributed by atoms with van der Waals surface area (Å²) in [5.74, 6) is 0.159. The highest BCUT2D eigenvalue weighted by molar-refractivity contribution is 5.86. The van der Waals surface area contributed by atoms with Crippen molar-refractivity contribution in [3.05, 3.63) is 41.5 Å². The summed E-state index contributed by atoms with van der Waals surface area (Å²) < 4.78 is 12.2. The SMILES string of the molecule is Cc1nc(-n2cnnn2)ccc1[C@@H](O)CN1CCC2(CC1)CCN(C1=CC(=O)OC1)C(=O)O2. The van der Waals surface area contributed by atoms with Gasteiger partial charge in [0, 0.05) is 62.8 Å². The number of ether oxygens (including phenoxy) is 2. The standard InChI is InChI=1S/C21H25N7O5/c1-14-16(2-3-18(23-14)28-13-22-24-25-28)17(29)11-26-7-4-21(5-8-26)6-9-27(20(31)33-21)15-10-19(30)32-12-15/h2-3,10,13,17,29H,4-9,11-12H2,1H3/t17-/m0/s1. The van der Waals surface area contributed by atoms with Crippen LogP contribution < -0.4 is 0 Å². The van der Waals surface area contributed by atoms with Crippen molar-refractivity contribution in [1.82, 2.24) is 35.0 Å². The van der Waals surface area contributed by atoms with Crippen molar-refractivity contribution in [1.29, 1.82) is 0 Å². The molecule has 1 atom stereocenters. The van der Waals surface area contributed by atoms with Crippen LogP contribution in [-0.2, 0) is 14.3 Å². The first-order chi connectivity index (χ1) is 15.9. The Morgan fingerprint density at radius 3 is 2.61 bits per heavy atom. The van der Waals surface area contributed by atoms with Crippen LogP contribution in [0.5, 0.6) is 0 Å². The zero-order chi connectivity index (χ0) is 23.0. The number of aryl methyl sites for hydroxylation is 1. The number of carbonyl (C=O) groups excluding carboxylic acids is 2. The molecule has 3 aliphatic rings. The number of aliphatic hydroxyl groups excluding tert-OH is 1. The van der Waals surface area contributed by atoms with E-state index >= 15 is 0 Å². The molecule has 2 fully saturated rings. The second-order valence-corrected chi connectivity index (χ2v) is 8.61. The highest BCUT2D eigenvalue weighted by atomic mass is 16.6. The maximum Gasteiger partial charge on any atom is 0.414 e. The van der Waals surface area contributed by atoms with E-state index in [2.05, 4.69) is 25.4 Å². The summed E-state index contributed by atoms with van der Waals surface area (Å²) in [6.07, 6.45) is 3.79. The van der Waals surface area contributed by atoms with Gasteiger partial charge in [-0.3, -0.25) is 4.90 Å². The molecule has 12 heteroatoms. The van der Waals surface area contributed by atoms with Gasteiger partial charge >= 0.3 is 12.1 Å². The number of aromatic nitrogens is 5. The molecule has 2 saturated heterocycles. The van der Waals surface area contributed by atoms with Gasteiger partial charge in [-0.05, 0) is 23.4 Å². The Morgan fingerprint density at radius 2 is 1.97 bits per heavy atom. The molecule has 0 aliphatic carbocycles. The van der Waals surface area contributed by atoms with Gasteiger partial charge in [-0.15, -0.1) is 5.10 Å². The predicted molar refractivity (Wildman–Crippen MR) is 112 cm³/mol. The number of aliphatic hydroxyl groups is 1. The fourth-order valence-corrected chi connectivity index (χ4v) is 4.62. The van der Waals surface area contributed by atoms with E-state index in [-0.39, 0.29) is 6.61 Å². The van der Waals surface area contributed by atoms with Crippen LogP contribution in [0.1, 0.15) is 36.6 Å². The van der Waals surface area contributed by atoms with Crippen molar-refractivity contribution < 1.29 is 24.2 Å². The van der Waals surface area contributed by atoms with Crippen LogP contribution >= 0.6 is 0 Å². The van der Waals surface area contributed by atoms with Crippen molar-refractivity contribution in [3.63, 3.8) is 0 Å². The Morgan fingerprint density at radius 1 is 1.18 bits per heavy atom. The van der Waals surface area contributed by atoms with Gasteiger partial charge in [0.05, 0.1) is 11.8 Å². The van der Waals surface area contributed by atoms with E-state index in [1.807, 2.05) is 13.0 Å². The third-order valence-electron chi connectivity index (χ3n) is 6.56. The summed E-state index contributed by atoms with van der Waals surface area (Å²) in [5, 5.41) is 21.9. The molecule has 1 amide bonds. The second kappa shape index (κ2) is 8.52. The minimum Gasteiger partial charge on any atom is -0.456 e. The Bertz CT molecular complexity index is 1080. The molecule has 5 rings (SSSR count). The molecule has 174 valence electrons. The van der Waals surface area contributed by atoms with Gasteiger partial charge in [0.1, 0.15) is 18.5 Å². The van der Waals surface area contributed by atoms with E-state index in [4.69, 9.17) is 9.47 Å². The molecular formula is C21H25N7O5. The van der Waals surface area contributed by atoms with E-state index in [0.717, 1.165) is 5.56 Å². The van der Waals surface area contributed by atoms with Gasteiger partial charge in [-0.2, -0.15) is 4.68 Å². The zero-order valence-corrected chi connectivity index (χ0v) is 18.3. The maximum atomic E-state index is 12.6. The molecule has 12 nitrogen and oxygen atoms in total. The largest absolute Gasteiger partial charge is 0.456 e. The highest BCUT2D eigenvalue weighted by Gasteiger charge is 2.44. The van der Waals surface area contributed by atoms with Crippen LogP contribution in [0, 0.1) is 6.92 Å². The minimum atomic E-state index is -0.689. The molecule has 0 saturated carbocycles. The molecule has 2 aromatic heterocycles. The number of rotatable bonds is 5. The number of pyridine rings is 1. The van der Waals surface area contributed by atoms with E-state index in [0.29, 0.717) is 62.7 Å². The second-order valence-electron chi connectivity index (χ2n) is 8.61. The number of hydrogen-bond acceptors (Lipinski definition) is 10. The molecule has 0 aromatic carbocycles. The first-order valence-corrected chi connectivity index (χ1v) is 10.9. The summed E-state index contributed by atoms with van der Waals surface area (Å²) >= 11 is 0. The van der Waals surface area contributed by atoms with Gasteiger partial charge in [0.25, 0.3) is 0 Å². The molecule has 5 heterocycles. The number of likely N-dealkylation sites (tertiary alicyclic amines) is 1. The van der Waals surface area contributed by atoms with Crippen LogP contribution in [0.4, 0.5) is 4.79 Å². The van der Waals surface area contributed by atoms with Gasteiger partial charge < -0.3 is 19.5 Å². The summed E-state index contributed by atoms with van der Waals surface area (Å²) in [4.78, 5) is 32.0. The number of cyclic esters (lactones) is 1.